The molecule has 1 heterocycles. The molecule has 3 nitrogen and oxygen atoms in total. The Morgan fingerprint density at radius 3 is 2.53 bits per heavy atom. The molecule has 1 aromatic carbocycles. The van der Waals surface area contributed by atoms with Gasteiger partial charge < -0.3 is 9.52 Å². The molecule has 0 spiro atoms. The summed E-state index contributed by atoms with van der Waals surface area (Å²) in [5, 5.41) is 10.1. The zero-order valence-electron chi connectivity index (χ0n) is 9.18. The SMILES string of the molecule is Cc1oc(C(O)c2ccc(Br)cc2)cc1C=O. The number of furan rings is 1. The standard InChI is InChI=1S/C13H11BrO3/c1-8-10(7-15)6-12(17-8)13(16)9-2-4-11(14)5-3-9/h2-7,13,16H,1H3. The number of aliphatic hydroxyl groups is 1. The molecule has 1 unspecified atom stereocenters. The molecule has 0 fully saturated rings. The van der Waals surface area contributed by atoms with Gasteiger partial charge in [-0.15, -0.1) is 0 Å². The molecular formula is C13H11BrO3. The van der Waals surface area contributed by atoms with Crippen molar-refractivity contribution in [1.29, 1.82) is 0 Å². The van der Waals surface area contributed by atoms with Crippen molar-refractivity contribution >= 4 is 22.2 Å². The Morgan fingerprint density at radius 1 is 1.35 bits per heavy atom. The zero-order chi connectivity index (χ0) is 12.4. The molecule has 0 amide bonds. The third-order valence-corrected chi connectivity index (χ3v) is 3.09. The summed E-state index contributed by atoms with van der Waals surface area (Å²) in [6.07, 6.45) is -0.133. The largest absolute Gasteiger partial charge is 0.462 e. The van der Waals surface area contributed by atoms with Crippen LogP contribution in [-0.2, 0) is 0 Å². The fraction of sp³-hybridized carbons (Fsp3) is 0.154. The predicted molar refractivity (Wildman–Crippen MR) is 67.0 cm³/mol. The summed E-state index contributed by atoms with van der Waals surface area (Å²) in [6, 6.07) is 8.85. The molecule has 0 radical (unpaired) electrons. The average molecular weight is 295 g/mol. The summed E-state index contributed by atoms with van der Waals surface area (Å²) in [7, 11) is 0. The molecule has 1 N–H and O–H groups in total. The maximum Gasteiger partial charge on any atom is 0.153 e. The molecular weight excluding hydrogens is 284 g/mol. The van der Waals surface area contributed by atoms with Crippen LogP contribution in [0.15, 0.2) is 39.2 Å². The van der Waals surface area contributed by atoms with E-state index in [1.807, 2.05) is 12.1 Å². The van der Waals surface area contributed by atoms with E-state index in [2.05, 4.69) is 15.9 Å². The van der Waals surface area contributed by atoms with E-state index >= 15 is 0 Å². The first-order valence-corrected chi connectivity index (χ1v) is 5.90. The highest BCUT2D eigenvalue weighted by atomic mass is 79.9. The molecule has 88 valence electrons. The number of carbonyl (C=O) groups is 1. The number of hydrogen-bond acceptors (Lipinski definition) is 3. The summed E-state index contributed by atoms with van der Waals surface area (Å²) in [4.78, 5) is 10.7. The number of carbonyl (C=O) groups excluding carboxylic acids is 1. The first kappa shape index (κ1) is 12.1. The van der Waals surface area contributed by atoms with Gasteiger partial charge in [0.2, 0.25) is 0 Å². The maximum atomic E-state index is 10.7. The molecule has 17 heavy (non-hydrogen) atoms. The summed E-state index contributed by atoms with van der Waals surface area (Å²) >= 11 is 3.33. The van der Waals surface area contributed by atoms with Crippen LogP contribution in [0.5, 0.6) is 0 Å². The van der Waals surface area contributed by atoms with E-state index < -0.39 is 6.10 Å². The van der Waals surface area contributed by atoms with Crippen LogP contribution in [0.2, 0.25) is 0 Å². The lowest BCUT2D eigenvalue weighted by molar-refractivity contribution is 0.112. The molecule has 0 aliphatic heterocycles. The Balaban J connectivity index is 2.32. The second-order valence-electron chi connectivity index (χ2n) is 3.73. The molecule has 0 saturated heterocycles. The van der Waals surface area contributed by atoms with E-state index in [9.17, 15) is 9.90 Å². The first-order chi connectivity index (χ1) is 8.11. The van der Waals surface area contributed by atoms with Crippen molar-refractivity contribution < 1.29 is 14.3 Å². The smallest absolute Gasteiger partial charge is 0.153 e. The molecule has 0 saturated carbocycles. The van der Waals surface area contributed by atoms with E-state index in [1.165, 1.54) is 0 Å². The summed E-state index contributed by atoms with van der Waals surface area (Å²) < 4.78 is 6.30. The number of aryl methyl sites for hydroxylation is 1. The highest BCUT2D eigenvalue weighted by Crippen LogP contribution is 2.26. The van der Waals surface area contributed by atoms with Gasteiger partial charge in [-0.1, -0.05) is 28.1 Å². The quantitative estimate of drug-likeness (QED) is 0.884. The van der Waals surface area contributed by atoms with Crippen molar-refractivity contribution in [2.24, 2.45) is 0 Å². The number of halogens is 1. The highest BCUT2D eigenvalue weighted by Gasteiger charge is 2.16. The minimum atomic E-state index is -0.851. The molecule has 1 atom stereocenters. The van der Waals surface area contributed by atoms with Crippen molar-refractivity contribution in [1.82, 2.24) is 0 Å². The monoisotopic (exact) mass is 294 g/mol. The number of aldehydes is 1. The normalized spacial score (nSPS) is 12.4. The zero-order valence-corrected chi connectivity index (χ0v) is 10.8. The van der Waals surface area contributed by atoms with Crippen LogP contribution in [0.3, 0.4) is 0 Å². The fourth-order valence-corrected chi connectivity index (χ4v) is 1.85. The fourth-order valence-electron chi connectivity index (χ4n) is 1.58. The van der Waals surface area contributed by atoms with Crippen LogP contribution in [0.4, 0.5) is 0 Å². The molecule has 2 aromatic rings. The van der Waals surface area contributed by atoms with Crippen molar-refractivity contribution in [3.8, 4) is 0 Å². The van der Waals surface area contributed by atoms with E-state index in [1.54, 1.807) is 25.1 Å². The van der Waals surface area contributed by atoms with Crippen molar-refractivity contribution in [2.45, 2.75) is 13.0 Å². The van der Waals surface area contributed by atoms with E-state index in [0.717, 1.165) is 16.3 Å². The second-order valence-corrected chi connectivity index (χ2v) is 4.65. The second kappa shape index (κ2) is 4.85. The van der Waals surface area contributed by atoms with Crippen molar-refractivity contribution in [3.05, 3.63) is 57.5 Å². The van der Waals surface area contributed by atoms with Gasteiger partial charge in [0, 0.05) is 4.47 Å². The van der Waals surface area contributed by atoms with Gasteiger partial charge >= 0.3 is 0 Å². The summed E-state index contributed by atoms with van der Waals surface area (Å²) in [5.74, 6) is 0.901. The topological polar surface area (TPSA) is 50.4 Å². The van der Waals surface area contributed by atoms with Gasteiger partial charge in [-0.25, -0.2) is 0 Å². The van der Waals surface area contributed by atoms with Crippen LogP contribution in [0, 0.1) is 6.92 Å². The predicted octanol–water partition coefficient (Wildman–Crippen LogP) is 3.24. The third kappa shape index (κ3) is 2.48. The summed E-state index contributed by atoms with van der Waals surface area (Å²) in [6.45, 7) is 1.70. The third-order valence-electron chi connectivity index (χ3n) is 2.56. The van der Waals surface area contributed by atoms with Crippen LogP contribution < -0.4 is 0 Å². The van der Waals surface area contributed by atoms with Crippen molar-refractivity contribution in [2.75, 3.05) is 0 Å². The van der Waals surface area contributed by atoms with E-state index in [4.69, 9.17) is 4.42 Å². The van der Waals surface area contributed by atoms with Gasteiger partial charge in [0.25, 0.3) is 0 Å². The Bertz CT molecular complexity index is 528. The van der Waals surface area contributed by atoms with Crippen LogP contribution in [-0.4, -0.2) is 11.4 Å². The molecule has 2 rings (SSSR count). The first-order valence-electron chi connectivity index (χ1n) is 5.11. The maximum absolute atomic E-state index is 10.7. The Labute approximate surface area is 107 Å². The average Bonchev–Trinajstić information content (AvgIpc) is 2.70. The lowest BCUT2D eigenvalue weighted by Crippen LogP contribution is -1.97. The van der Waals surface area contributed by atoms with Gasteiger partial charge in [-0.3, -0.25) is 4.79 Å². The van der Waals surface area contributed by atoms with E-state index in [0.29, 0.717) is 17.1 Å². The van der Waals surface area contributed by atoms with Gasteiger partial charge in [-0.05, 0) is 30.7 Å². The molecule has 0 aliphatic carbocycles. The minimum absolute atomic E-state index is 0.381. The Morgan fingerprint density at radius 2 is 2.00 bits per heavy atom. The molecule has 0 bridgehead atoms. The molecule has 0 aliphatic rings. The Kier molecular flexibility index (Phi) is 3.45. The van der Waals surface area contributed by atoms with Crippen LogP contribution in [0.25, 0.3) is 0 Å². The van der Waals surface area contributed by atoms with Gasteiger partial charge in [-0.2, -0.15) is 0 Å². The number of rotatable bonds is 3. The number of benzene rings is 1. The summed E-state index contributed by atoms with van der Waals surface area (Å²) in [5.41, 5.74) is 1.19. The minimum Gasteiger partial charge on any atom is -0.462 e. The number of aliphatic hydroxyl groups excluding tert-OH is 1. The lowest BCUT2D eigenvalue weighted by atomic mass is 10.1. The van der Waals surface area contributed by atoms with Gasteiger partial charge in [0.1, 0.15) is 17.6 Å². The van der Waals surface area contributed by atoms with E-state index in [-0.39, 0.29) is 0 Å². The van der Waals surface area contributed by atoms with Crippen molar-refractivity contribution in [3.63, 3.8) is 0 Å². The highest BCUT2D eigenvalue weighted by molar-refractivity contribution is 9.10. The van der Waals surface area contributed by atoms with Crippen LogP contribution >= 0.6 is 15.9 Å². The molecule has 4 heteroatoms. The van der Waals surface area contributed by atoms with Crippen LogP contribution in [0.1, 0.15) is 33.5 Å². The van der Waals surface area contributed by atoms with Gasteiger partial charge in [0.05, 0.1) is 5.56 Å². The van der Waals surface area contributed by atoms with Gasteiger partial charge in [0.15, 0.2) is 6.29 Å². The number of hydrogen-bond donors (Lipinski definition) is 1. The molecule has 1 aromatic heterocycles. The lowest BCUT2D eigenvalue weighted by Gasteiger charge is -2.07. The Hall–Kier alpha value is -1.39.